The fourth-order valence-corrected chi connectivity index (χ4v) is 5.36. The standard InChI is InChI=1S/C26H32N6O2/c1-25(2,3)23(19-9-7-8-10-27-19)31(26(4,5)6)24(33)21-18-14-16-13-17(16)22(18)32(29-21)20-15-30(34)12-11-28-20/h7-12,15-17,23H,13-14H2,1-6H3/t16-,17-,23?/m1/s1. The number of pyridine rings is 1. The number of hydrogen-bond donors (Lipinski definition) is 0. The van der Waals surface area contributed by atoms with E-state index in [2.05, 4.69) is 51.5 Å². The van der Waals surface area contributed by atoms with Crippen molar-refractivity contribution in [1.82, 2.24) is 24.6 Å². The topological polar surface area (TPSA) is 90.9 Å². The summed E-state index contributed by atoms with van der Waals surface area (Å²) in [6.07, 6.45) is 7.94. The maximum atomic E-state index is 14.4. The zero-order valence-electron chi connectivity index (χ0n) is 20.7. The van der Waals surface area contributed by atoms with Gasteiger partial charge in [0.1, 0.15) is 0 Å². The number of hydrogen-bond acceptors (Lipinski definition) is 5. The quantitative estimate of drug-likeness (QED) is 0.434. The molecule has 3 atom stereocenters. The van der Waals surface area contributed by atoms with Crippen LogP contribution in [0, 0.1) is 16.5 Å². The average molecular weight is 461 g/mol. The Morgan fingerprint density at radius 2 is 1.94 bits per heavy atom. The van der Waals surface area contributed by atoms with E-state index in [4.69, 9.17) is 5.10 Å². The molecule has 178 valence electrons. The van der Waals surface area contributed by atoms with Crippen LogP contribution in [0.15, 0.2) is 43.0 Å². The van der Waals surface area contributed by atoms with Gasteiger partial charge in [-0.2, -0.15) is 9.83 Å². The summed E-state index contributed by atoms with van der Waals surface area (Å²) in [5, 5.41) is 16.7. The molecule has 3 heterocycles. The predicted octanol–water partition coefficient (Wildman–Crippen LogP) is 3.98. The fourth-order valence-electron chi connectivity index (χ4n) is 5.36. The van der Waals surface area contributed by atoms with E-state index in [0.29, 0.717) is 23.3 Å². The highest BCUT2D eigenvalue weighted by Gasteiger charge is 2.52. The highest BCUT2D eigenvalue weighted by atomic mass is 16.5. The summed E-state index contributed by atoms with van der Waals surface area (Å²) in [6.45, 7) is 12.6. The van der Waals surface area contributed by atoms with Crippen molar-refractivity contribution in [2.24, 2.45) is 11.3 Å². The molecule has 5 rings (SSSR count). The Kier molecular flexibility index (Phi) is 5.04. The lowest BCUT2D eigenvalue weighted by atomic mass is 9.81. The first-order valence-corrected chi connectivity index (χ1v) is 11.9. The van der Waals surface area contributed by atoms with Gasteiger partial charge in [0.05, 0.1) is 23.6 Å². The number of nitrogens with zero attached hydrogens (tertiary/aromatic N) is 6. The Balaban J connectivity index is 1.65. The lowest BCUT2D eigenvalue weighted by Gasteiger charge is -2.46. The molecule has 1 saturated carbocycles. The second-order valence-electron chi connectivity index (χ2n) is 11.6. The second kappa shape index (κ2) is 7.61. The van der Waals surface area contributed by atoms with Gasteiger partial charge in [-0.1, -0.05) is 26.8 Å². The van der Waals surface area contributed by atoms with Crippen LogP contribution in [-0.4, -0.2) is 36.1 Å². The van der Waals surface area contributed by atoms with E-state index in [1.54, 1.807) is 10.9 Å². The number of rotatable bonds is 4. The third kappa shape index (κ3) is 3.75. The molecule has 3 aromatic heterocycles. The Morgan fingerprint density at radius 3 is 2.56 bits per heavy atom. The summed E-state index contributed by atoms with van der Waals surface area (Å²) in [5.41, 5.74) is 2.61. The number of fused-ring (bicyclic) bond motifs is 3. The summed E-state index contributed by atoms with van der Waals surface area (Å²) >= 11 is 0. The van der Waals surface area contributed by atoms with E-state index in [-0.39, 0.29) is 17.4 Å². The van der Waals surface area contributed by atoms with Gasteiger partial charge in [-0.25, -0.2) is 9.67 Å². The summed E-state index contributed by atoms with van der Waals surface area (Å²) < 4.78 is 2.44. The Bertz CT molecular complexity index is 1240. The van der Waals surface area contributed by atoms with E-state index in [0.717, 1.165) is 34.5 Å². The van der Waals surface area contributed by atoms with Crippen LogP contribution in [0.2, 0.25) is 0 Å². The van der Waals surface area contributed by atoms with Crippen molar-refractivity contribution in [3.05, 3.63) is 70.8 Å². The van der Waals surface area contributed by atoms with Gasteiger partial charge in [0, 0.05) is 23.2 Å². The minimum atomic E-state index is -0.478. The molecule has 0 radical (unpaired) electrons. The highest BCUT2D eigenvalue weighted by Crippen LogP contribution is 2.57. The molecule has 8 nitrogen and oxygen atoms in total. The van der Waals surface area contributed by atoms with Gasteiger partial charge in [-0.05, 0) is 57.1 Å². The second-order valence-corrected chi connectivity index (χ2v) is 11.6. The van der Waals surface area contributed by atoms with Crippen LogP contribution in [0.1, 0.15) is 87.4 Å². The Labute approximate surface area is 200 Å². The molecule has 0 aliphatic heterocycles. The maximum Gasteiger partial charge on any atom is 0.275 e. The lowest BCUT2D eigenvalue weighted by Crippen LogP contribution is -2.52. The van der Waals surface area contributed by atoms with Crippen LogP contribution in [0.4, 0.5) is 0 Å². The molecule has 0 bridgehead atoms. The molecule has 1 amide bonds. The molecule has 0 spiro atoms. The fraction of sp³-hybridized carbons (Fsp3) is 0.500. The average Bonchev–Trinajstić information content (AvgIpc) is 3.25. The minimum Gasteiger partial charge on any atom is -0.619 e. The summed E-state index contributed by atoms with van der Waals surface area (Å²) in [5.74, 6) is 1.26. The first-order chi connectivity index (χ1) is 16.0. The largest absolute Gasteiger partial charge is 0.619 e. The third-order valence-electron chi connectivity index (χ3n) is 6.83. The van der Waals surface area contributed by atoms with Crippen molar-refractivity contribution in [3.63, 3.8) is 0 Å². The summed E-state index contributed by atoms with van der Waals surface area (Å²) in [4.78, 5) is 25.3. The van der Waals surface area contributed by atoms with E-state index in [1.165, 1.54) is 18.6 Å². The predicted molar refractivity (Wildman–Crippen MR) is 127 cm³/mol. The number of carbonyl (C=O) groups is 1. The first-order valence-electron chi connectivity index (χ1n) is 11.9. The number of aromatic nitrogens is 5. The molecule has 0 saturated heterocycles. The van der Waals surface area contributed by atoms with Gasteiger partial charge in [-0.15, -0.1) is 0 Å². The number of amides is 1. The third-order valence-corrected chi connectivity index (χ3v) is 6.83. The monoisotopic (exact) mass is 460 g/mol. The maximum absolute atomic E-state index is 14.4. The van der Waals surface area contributed by atoms with Crippen molar-refractivity contribution in [1.29, 1.82) is 0 Å². The number of carbonyl (C=O) groups excluding carboxylic acids is 1. The highest BCUT2D eigenvalue weighted by molar-refractivity contribution is 5.95. The van der Waals surface area contributed by atoms with Crippen molar-refractivity contribution in [3.8, 4) is 5.82 Å². The van der Waals surface area contributed by atoms with E-state index in [1.807, 2.05) is 23.1 Å². The molecule has 0 N–H and O–H groups in total. The van der Waals surface area contributed by atoms with Crippen LogP contribution in [-0.2, 0) is 6.42 Å². The van der Waals surface area contributed by atoms with Crippen molar-refractivity contribution < 1.29 is 9.52 Å². The van der Waals surface area contributed by atoms with Crippen LogP contribution in [0.25, 0.3) is 5.82 Å². The van der Waals surface area contributed by atoms with Crippen LogP contribution in [0.5, 0.6) is 0 Å². The molecule has 8 heteroatoms. The van der Waals surface area contributed by atoms with Gasteiger partial charge in [0.25, 0.3) is 5.91 Å². The van der Waals surface area contributed by atoms with E-state index in [9.17, 15) is 10.0 Å². The molecule has 3 aromatic rings. The van der Waals surface area contributed by atoms with Crippen LogP contribution >= 0.6 is 0 Å². The molecular formula is C26H32N6O2. The van der Waals surface area contributed by atoms with Crippen LogP contribution < -0.4 is 4.73 Å². The zero-order chi connectivity index (χ0) is 24.4. The molecule has 0 aromatic carbocycles. The molecular weight excluding hydrogens is 428 g/mol. The van der Waals surface area contributed by atoms with Crippen molar-refractivity contribution in [2.75, 3.05) is 0 Å². The van der Waals surface area contributed by atoms with E-state index < -0.39 is 5.54 Å². The lowest BCUT2D eigenvalue weighted by molar-refractivity contribution is -0.605. The summed E-state index contributed by atoms with van der Waals surface area (Å²) in [6, 6.07) is 5.59. The molecule has 1 fully saturated rings. The Hall–Kier alpha value is -3.29. The zero-order valence-corrected chi connectivity index (χ0v) is 20.7. The summed E-state index contributed by atoms with van der Waals surface area (Å²) in [7, 11) is 0. The first kappa shape index (κ1) is 22.5. The molecule has 34 heavy (non-hydrogen) atoms. The Morgan fingerprint density at radius 1 is 1.18 bits per heavy atom. The van der Waals surface area contributed by atoms with E-state index >= 15 is 0 Å². The van der Waals surface area contributed by atoms with Crippen molar-refractivity contribution in [2.45, 2.75) is 71.9 Å². The smallest absolute Gasteiger partial charge is 0.275 e. The van der Waals surface area contributed by atoms with Gasteiger partial charge in [0.15, 0.2) is 11.9 Å². The molecule has 1 unspecified atom stereocenters. The molecule has 2 aliphatic rings. The minimum absolute atomic E-state index is 0.111. The van der Waals surface area contributed by atoms with Crippen LogP contribution in [0.3, 0.4) is 0 Å². The normalized spacial score (nSPS) is 19.9. The van der Waals surface area contributed by atoms with Gasteiger partial charge < -0.3 is 10.1 Å². The van der Waals surface area contributed by atoms with Gasteiger partial charge in [0.2, 0.25) is 12.0 Å². The van der Waals surface area contributed by atoms with Crippen molar-refractivity contribution >= 4 is 5.91 Å². The van der Waals surface area contributed by atoms with Gasteiger partial charge >= 0.3 is 0 Å². The molecule has 2 aliphatic carbocycles. The SMILES string of the molecule is CC(C)(C)C(c1ccccn1)N(C(=O)c1nn(-c2c[n+]([O-])ccn2)c2c1C[C@H]1C[C@@H]21)C(C)(C)C. The van der Waals surface area contributed by atoms with Gasteiger partial charge in [-0.3, -0.25) is 9.78 Å².